The number of fused-ring (bicyclic) bond motifs is 1. The summed E-state index contributed by atoms with van der Waals surface area (Å²) in [6, 6.07) is 6.16. The highest BCUT2D eigenvalue weighted by Gasteiger charge is 2.22. The average Bonchev–Trinajstić information content (AvgIpc) is 2.95. The molecule has 7 N–H and O–H groups in total. The maximum absolute atomic E-state index is 13.0. The van der Waals surface area contributed by atoms with Crippen molar-refractivity contribution in [3.05, 3.63) is 41.7 Å². The van der Waals surface area contributed by atoms with E-state index < -0.39 is 11.9 Å². The van der Waals surface area contributed by atoms with Crippen molar-refractivity contribution in [2.75, 3.05) is 36.5 Å². The van der Waals surface area contributed by atoms with E-state index >= 15 is 0 Å². The zero-order chi connectivity index (χ0) is 29.8. The molecule has 1 aromatic carbocycles. The lowest BCUT2D eigenvalue weighted by Crippen LogP contribution is -2.47. The van der Waals surface area contributed by atoms with Crippen LogP contribution in [0.5, 0.6) is 0 Å². The van der Waals surface area contributed by atoms with E-state index in [0.29, 0.717) is 42.1 Å². The Bertz CT molecular complexity index is 1330. The molecule has 0 aliphatic carbocycles. The number of nitrogens with two attached hydrogens (primary N) is 2. The number of hydrogen-bond donors (Lipinski definition) is 5. The quantitative estimate of drug-likeness (QED) is 0.170. The molecule has 0 radical (unpaired) electrons. The van der Waals surface area contributed by atoms with Gasteiger partial charge in [0.25, 0.3) is 5.91 Å². The number of nitrogens with one attached hydrogen (secondary N) is 3. The second-order valence-corrected chi connectivity index (χ2v) is 9.82. The van der Waals surface area contributed by atoms with E-state index in [4.69, 9.17) is 11.5 Å². The van der Waals surface area contributed by atoms with Gasteiger partial charge in [-0.05, 0) is 43.5 Å². The van der Waals surface area contributed by atoms with Gasteiger partial charge in [0.2, 0.25) is 17.8 Å². The van der Waals surface area contributed by atoms with Crippen LogP contribution in [0.15, 0.2) is 30.5 Å². The lowest BCUT2D eigenvalue weighted by molar-refractivity contribution is -0.124. The maximum Gasteiger partial charge on any atom is 0.251 e. The zero-order valence-corrected chi connectivity index (χ0v) is 23.9. The highest BCUT2D eigenvalue weighted by Crippen LogP contribution is 2.19. The summed E-state index contributed by atoms with van der Waals surface area (Å²) in [5, 5.41) is 8.51. The lowest BCUT2D eigenvalue weighted by atomic mass is 10.1. The highest BCUT2D eigenvalue weighted by atomic mass is 16.2. The molecule has 2 heterocycles. The third-order valence-corrected chi connectivity index (χ3v) is 6.43. The first-order chi connectivity index (χ1) is 19.7. The van der Waals surface area contributed by atoms with Gasteiger partial charge in [-0.3, -0.25) is 14.4 Å². The number of aromatic nitrogens is 4. The number of nitrogens with zero attached hydrogens (tertiary/aromatic N) is 5. The summed E-state index contributed by atoms with van der Waals surface area (Å²) in [6.45, 7) is 5.61. The molecule has 2 aromatic heterocycles. The van der Waals surface area contributed by atoms with Crippen LogP contribution in [0, 0.1) is 0 Å². The van der Waals surface area contributed by atoms with Crippen LogP contribution in [0.2, 0.25) is 0 Å². The van der Waals surface area contributed by atoms with Crippen LogP contribution < -0.4 is 32.3 Å². The van der Waals surface area contributed by atoms with Gasteiger partial charge in [-0.2, -0.15) is 9.97 Å². The van der Waals surface area contributed by atoms with Crippen LogP contribution >= 0.6 is 0 Å². The molecule has 0 spiro atoms. The Balaban J connectivity index is 1.63. The topological polar surface area (TPSA) is 194 Å². The molecule has 220 valence electrons. The van der Waals surface area contributed by atoms with Crippen molar-refractivity contribution in [1.29, 1.82) is 0 Å². The molecule has 41 heavy (non-hydrogen) atoms. The second kappa shape index (κ2) is 15.3. The number of anilines is 3. The number of nitrogen functional groups attached to an aromatic ring is 2. The average molecular weight is 565 g/mol. The van der Waals surface area contributed by atoms with E-state index in [1.807, 2.05) is 25.8 Å². The van der Waals surface area contributed by atoms with Crippen molar-refractivity contribution in [3.8, 4) is 0 Å². The fourth-order valence-corrected chi connectivity index (χ4v) is 4.05. The summed E-state index contributed by atoms with van der Waals surface area (Å²) in [4.78, 5) is 56.8. The Kier molecular flexibility index (Phi) is 11.6. The van der Waals surface area contributed by atoms with Gasteiger partial charge in [0.1, 0.15) is 6.04 Å². The first kappa shape index (κ1) is 31.0. The second-order valence-electron chi connectivity index (χ2n) is 9.82. The lowest BCUT2D eigenvalue weighted by Gasteiger charge is -2.20. The van der Waals surface area contributed by atoms with Crippen LogP contribution in [0.3, 0.4) is 0 Å². The van der Waals surface area contributed by atoms with Crippen LogP contribution in [-0.4, -0.2) is 63.8 Å². The van der Waals surface area contributed by atoms with Crippen LogP contribution in [0.25, 0.3) is 11.2 Å². The molecule has 1 atom stereocenters. The smallest absolute Gasteiger partial charge is 0.251 e. The van der Waals surface area contributed by atoms with Gasteiger partial charge in [0.15, 0.2) is 17.0 Å². The van der Waals surface area contributed by atoms with Crippen molar-refractivity contribution in [3.63, 3.8) is 0 Å². The molecular formula is C28H40N10O3. The van der Waals surface area contributed by atoms with Crippen molar-refractivity contribution in [1.82, 2.24) is 35.9 Å². The standard InChI is InChI=1S/C28H40N10O3/c1-4-6-14-31-22(39)13-12-21(27(41)32-15-7-5-2)35-26(40)18-8-10-20(11-9-18)38(3)17-19-16-33-25-23(34-19)24(29)36-28(30)37-25/h8-11,16,21H,4-7,12-15,17H2,1-3H3,(H,31,39)(H,32,41)(H,35,40)(H4,29,30,33,36,37)/t21-/m0/s1. The van der Waals surface area contributed by atoms with Crippen molar-refractivity contribution in [2.24, 2.45) is 0 Å². The Morgan fingerprint density at radius 2 is 1.63 bits per heavy atom. The van der Waals surface area contributed by atoms with Gasteiger partial charge in [-0.15, -0.1) is 0 Å². The third-order valence-electron chi connectivity index (χ3n) is 6.43. The Morgan fingerprint density at radius 3 is 2.32 bits per heavy atom. The third kappa shape index (κ3) is 9.26. The largest absolute Gasteiger partial charge is 0.382 e. The molecule has 0 saturated carbocycles. The van der Waals surface area contributed by atoms with E-state index in [1.54, 1.807) is 30.5 Å². The molecule has 3 rings (SSSR count). The normalized spacial score (nSPS) is 11.6. The van der Waals surface area contributed by atoms with Gasteiger partial charge < -0.3 is 32.3 Å². The summed E-state index contributed by atoms with van der Waals surface area (Å²) in [5.41, 5.74) is 14.1. The molecule has 0 saturated heterocycles. The molecular weight excluding hydrogens is 524 g/mol. The van der Waals surface area contributed by atoms with Crippen LogP contribution in [0.1, 0.15) is 68.4 Å². The highest BCUT2D eigenvalue weighted by molar-refractivity contribution is 5.98. The van der Waals surface area contributed by atoms with E-state index in [1.165, 1.54) is 0 Å². The molecule has 13 heteroatoms. The summed E-state index contributed by atoms with van der Waals surface area (Å²) < 4.78 is 0. The number of carbonyl (C=O) groups excluding carboxylic acids is 3. The molecule has 0 bridgehead atoms. The Morgan fingerprint density at radius 1 is 0.951 bits per heavy atom. The number of hydrogen-bond acceptors (Lipinski definition) is 10. The van der Waals surface area contributed by atoms with Gasteiger partial charge in [-0.25, -0.2) is 9.97 Å². The summed E-state index contributed by atoms with van der Waals surface area (Å²) in [6.07, 6.45) is 5.58. The fraction of sp³-hybridized carbons (Fsp3) is 0.464. The van der Waals surface area contributed by atoms with Crippen LogP contribution in [0.4, 0.5) is 17.5 Å². The van der Waals surface area contributed by atoms with E-state index in [-0.39, 0.29) is 36.4 Å². The van der Waals surface area contributed by atoms with E-state index in [2.05, 4.69) is 35.9 Å². The van der Waals surface area contributed by atoms with Crippen molar-refractivity contribution in [2.45, 2.75) is 65.0 Å². The van der Waals surface area contributed by atoms with Crippen LogP contribution in [-0.2, 0) is 16.1 Å². The van der Waals surface area contributed by atoms with Gasteiger partial charge in [0, 0.05) is 37.8 Å². The predicted molar refractivity (Wildman–Crippen MR) is 159 cm³/mol. The zero-order valence-electron chi connectivity index (χ0n) is 23.9. The van der Waals surface area contributed by atoms with Gasteiger partial charge in [-0.1, -0.05) is 26.7 Å². The minimum absolute atomic E-state index is 0.0367. The monoisotopic (exact) mass is 564 g/mol. The molecule has 3 aromatic rings. The number of rotatable bonds is 15. The van der Waals surface area contributed by atoms with Gasteiger partial charge in [0.05, 0.1) is 18.4 Å². The summed E-state index contributed by atoms with van der Waals surface area (Å²) in [7, 11) is 1.88. The Hall–Kier alpha value is -4.55. The van der Waals surface area contributed by atoms with Crippen molar-refractivity contribution >= 4 is 46.3 Å². The molecule has 3 amide bonds. The number of carbonyl (C=O) groups is 3. The first-order valence-electron chi connectivity index (χ1n) is 13.9. The molecule has 0 fully saturated rings. The first-order valence-corrected chi connectivity index (χ1v) is 13.9. The predicted octanol–water partition coefficient (Wildman–Crippen LogP) is 1.93. The molecule has 0 unspecified atom stereocenters. The molecule has 0 aliphatic rings. The molecule has 0 aliphatic heterocycles. The number of unbranched alkanes of at least 4 members (excludes halogenated alkanes) is 2. The minimum Gasteiger partial charge on any atom is -0.382 e. The fourth-order valence-electron chi connectivity index (χ4n) is 4.05. The minimum atomic E-state index is -0.822. The van der Waals surface area contributed by atoms with Crippen molar-refractivity contribution < 1.29 is 14.4 Å². The van der Waals surface area contributed by atoms with E-state index in [0.717, 1.165) is 31.4 Å². The maximum atomic E-state index is 13.0. The summed E-state index contributed by atoms with van der Waals surface area (Å²) in [5.74, 6) is -0.628. The van der Waals surface area contributed by atoms with E-state index in [9.17, 15) is 14.4 Å². The SMILES string of the molecule is CCCCNC(=O)CC[C@H](NC(=O)c1ccc(N(C)Cc2cnc3nc(N)nc(N)c3n2)cc1)C(=O)NCCCC. The number of benzene rings is 1. The molecule has 13 nitrogen and oxygen atoms in total. The summed E-state index contributed by atoms with van der Waals surface area (Å²) >= 11 is 0. The van der Waals surface area contributed by atoms with Gasteiger partial charge >= 0.3 is 0 Å². The number of amides is 3. The Labute approximate surface area is 239 Å².